The maximum absolute atomic E-state index is 12.5. The summed E-state index contributed by atoms with van der Waals surface area (Å²) in [7, 11) is 1.75. The van der Waals surface area contributed by atoms with E-state index in [9.17, 15) is 4.79 Å². The second kappa shape index (κ2) is 7.74. The molecule has 5 heteroatoms. The highest BCUT2D eigenvalue weighted by Crippen LogP contribution is 2.20. The van der Waals surface area contributed by atoms with Crippen LogP contribution in [0.5, 0.6) is 5.75 Å². The lowest BCUT2D eigenvalue weighted by Gasteiger charge is -2.28. The summed E-state index contributed by atoms with van der Waals surface area (Å²) in [6, 6.07) is 10.8. The zero-order valence-corrected chi connectivity index (χ0v) is 13.6. The van der Waals surface area contributed by atoms with E-state index in [0.717, 1.165) is 11.1 Å². The zero-order chi connectivity index (χ0) is 16.8. The van der Waals surface area contributed by atoms with Crippen molar-refractivity contribution in [3.05, 3.63) is 59.9 Å². The van der Waals surface area contributed by atoms with Crippen LogP contribution < -0.4 is 4.74 Å². The Kier molecular flexibility index (Phi) is 5.71. The van der Waals surface area contributed by atoms with Crippen LogP contribution in [0, 0.1) is 0 Å². The normalized spacial score (nSPS) is 13.2. The number of nitrogens with zero attached hydrogens (tertiary/aromatic N) is 2. The molecule has 2 rings (SSSR count). The molecule has 0 saturated heterocycles. The minimum atomic E-state index is -0.618. The number of amides is 1. The molecule has 0 aliphatic heterocycles. The molecule has 2 unspecified atom stereocenters. The summed E-state index contributed by atoms with van der Waals surface area (Å²) in [6.07, 6.45) is 2.84. The smallest absolute Gasteiger partial charge is 0.263 e. The number of aliphatic hydroxyl groups is 1. The molecule has 0 spiro atoms. The number of aliphatic hydroxyl groups excluding tert-OH is 1. The summed E-state index contributed by atoms with van der Waals surface area (Å²) in [5, 5.41) is 9.16. The quantitative estimate of drug-likeness (QED) is 0.890. The molecule has 0 radical (unpaired) electrons. The highest BCUT2D eigenvalue weighted by atomic mass is 16.5. The molecule has 1 heterocycles. The van der Waals surface area contributed by atoms with Gasteiger partial charge in [0.2, 0.25) is 0 Å². The number of hydrogen-bond donors (Lipinski definition) is 1. The van der Waals surface area contributed by atoms with Gasteiger partial charge < -0.3 is 14.7 Å². The Bertz CT molecular complexity index is 646. The van der Waals surface area contributed by atoms with E-state index in [0.29, 0.717) is 5.75 Å². The molecule has 23 heavy (non-hydrogen) atoms. The molecule has 0 aliphatic carbocycles. The van der Waals surface area contributed by atoms with Crippen molar-refractivity contribution in [2.75, 3.05) is 7.05 Å². The molecular formula is C18H22N2O3. The summed E-state index contributed by atoms with van der Waals surface area (Å²) in [4.78, 5) is 18.3. The van der Waals surface area contributed by atoms with Crippen LogP contribution in [0.15, 0.2) is 48.8 Å². The highest BCUT2D eigenvalue weighted by Gasteiger charge is 2.24. The van der Waals surface area contributed by atoms with E-state index in [1.165, 1.54) is 0 Å². The molecule has 0 fully saturated rings. The average molecular weight is 314 g/mol. The van der Waals surface area contributed by atoms with Gasteiger partial charge in [-0.15, -0.1) is 0 Å². The van der Waals surface area contributed by atoms with Gasteiger partial charge in [-0.1, -0.05) is 18.2 Å². The largest absolute Gasteiger partial charge is 0.481 e. The number of hydrogen-bond acceptors (Lipinski definition) is 4. The highest BCUT2D eigenvalue weighted by molar-refractivity contribution is 5.81. The fraction of sp³-hybridized carbons (Fsp3) is 0.333. The Morgan fingerprint density at radius 1 is 1.30 bits per heavy atom. The number of carbonyl (C=O) groups is 1. The van der Waals surface area contributed by atoms with Crippen LogP contribution >= 0.6 is 0 Å². The van der Waals surface area contributed by atoms with Gasteiger partial charge in [-0.2, -0.15) is 0 Å². The summed E-state index contributed by atoms with van der Waals surface area (Å²) < 4.78 is 5.71. The molecule has 2 aromatic rings. The van der Waals surface area contributed by atoms with E-state index in [4.69, 9.17) is 9.84 Å². The minimum absolute atomic E-state index is 0.0581. The van der Waals surface area contributed by atoms with Gasteiger partial charge in [-0.3, -0.25) is 9.78 Å². The van der Waals surface area contributed by atoms with Gasteiger partial charge in [0, 0.05) is 19.4 Å². The van der Waals surface area contributed by atoms with Crippen LogP contribution in [0.2, 0.25) is 0 Å². The fourth-order valence-corrected chi connectivity index (χ4v) is 2.30. The molecule has 0 bridgehead atoms. The van der Waals surface area contributed by atoms with Crippen molar-refractivity contribution in [2.24, 2.45) is 0 Å². The lowest BCUT2D eigenvalue weighted by Crippen LogP contribution is -2.39. The lowest BCUT2D eigenvalue weighted by atomic mass is 10.1. The zero-order valence-electron chi connectivity index (χ0n) is 13.6. The molecule has 1 N–H and O–H groups in total. The molecule has 2 atom stereocenters. The van der Waals surface area contributed by atoms with E-state index >= 15 is 0 Å². The van der Waals surface area contributed by atoms with E-state index in [1.807, 2.05) is 19.1 Å². The predicted octanol–water partition coefficient (Wildman–Crippen LogP) is 2.56. The first-order valence-corrected chi connectivity index (χ1v) is 7.56. The standard InChI is InChI=1S/C18H22N2O3/c1-13(16-7-5-9-19-11-16)20(3)18(22)14(2)23-17-8-4-6-15(10-17)12-21/h4-11,13-14,21H,12H2,1-3H3. The molecule has 0 aliphatic rings. The summed E-state index contributed by atoms with van der Waals surface area (Å²) in [5.41, 5.74) is 1.72. The number of likely N-dealkylation sites (N-methyl/N-ethyl adjacent to an activating group) is 1. The number of aromatic nitrogens is 1. The van der Waals surface area contributed by atoms with Gasteiger partial charge in [0.1, 0.15) is 5.75 Å². The van der Waals surface area contributed by atoms with Crippen LogP contribution in [0.25, 0.3) is 0 Å². The Hall–Kier alpha value is -2.40. The van der Waals surface area contributed by atoms with Gasteiger partial charge in [0.15, 0.2) is 6.10 Å². The fourth-order valence-electron chi connectivity index (χ4n) is 2.30. The van der Waals surface area contributed by atoms with Crippen LogP contribution in [0.3, 0.4) is 0 Å². The third kappa shape index (κ3) is 4.29. The first-order chi connectivity index (χ1) is 11.0. The third-order valence-corrected chi connectivity index (χ3v) is 3.84. The third-order valence-electron chi connectivity index (χ3n) is 3.84. The number of benzene rings is 1. The van der Waals surface area contributed by atoms with Crippen molar-refractivity contribution in [3.63, 3.8) is 0 Å². The number of rotatable bonds is 6. The molecule has 1 aromatic carbocycles. The monoisotopic (exact) mass is 314 g/mol. The summed E-state index contributed by atoms with van der Waals surface area (Å²) in [5.74, 6) is 0.454. The maximum Gasteiger partial charge on any atom is 0.263 e. The lowest BCUT2D eigenvalue weighted by molar-refractivity contribution is -0.138. The van der Waals surface area contributed by atoms with E-state index in [-0.39, 0.29) is 18.6 Å². The first-order valence-electron chi connectivity index (χ1n) is 7.56. The van der Waals surface area contributed by atoms with Crippen molar-refractivity contribution >= 4 is 5.91 Å². The van der Waals surface area contributed by atoms with Gasteiger partial charge >= 0.3 is 0 Å². The maximum atomic E-state index is 12.5. The van der Waals surface area contributed by atoms with Crippen molar-refractivity contribution in [2.45, 2.75) is 32.6 Å². The van der Waals surface area contributed by atoms with Crippen molar-refractivity contribution < 1.29 is 14.6 Å². The Morgan fingerprint density at radius 2 is 2.09 bits per heavy atom. The summed E-state index contributed by atoms with van der Waals surface area (Å²) in [6.45, 7) is 3.62. The van der Waals surface area contributed by atoms with Gasteiger partial charge in [0.25, 0.3) is 5.91 Å². The van der Waals surface area contributed by atoms with Gasteiger partial charge in [0.05, 0.1) is 12.6 Å². The van der Waals surface area contributed by atoms with Crippen molar-refractivity contribution in [3.8, 4) is 5.75 Å². The molecule has 122 valence electrons. The molecule has 5 nitrogen and oxygen atoms in total. The Balaban J connectivity index is 2.03. The van der Waals surface area contributed by atoms with Gasteiger partial charge in [-0.05, 0) is 43.2 Å². The van der Waals surface area contributed by atoms with Gasteiger partial charge in [-0.25, -0.2) is 0 Å². The number of pyridine rings is 1. The first kappa shape index (κ1) is 17.0. The predicted molar refractivity (Wildman–Crippen MR) is 87.9 cm³/mol. The van der Waals surface area contributed by atoms with Crippen molar-refractivity contribution in [1.29, 1.82) is 0 Å². The second-order valence-corrected chi connectivity index (χ2v) is 5.48. The van der Waals surface area contributed by atoms with E-state index in [2.05, 4.69) is 4.98 Å². The second-order valence-electron chi connectivity index (χ2n) is 5.48. The number of ether oxygens (including phenoxy) is 1. The molecule has 1 aromatic heterocycles. The van der Waals surface area contributed by atoms with E-state index in [1.54, 1.807) is 55.5 Å². The Morgan fingerprint density at radius 3 is 2.74 bits per heavy atom. The van der Waals surface area contributed by atoms with Crippen LogP contribution in [-0.4, -0.2) is 34.0 Å². The number of carbonyl (C=O) groups excluding carboxylic acids is 1. The molecule has 0 saturated carbocycles. The van der Waals surface area contributed by atoms with E-state index < -0.39 is 6.10 Å². The average Bonchev–Trinajstić information content (AvgIpc) is 2.60. The van der Waals surface area contributed by atoms with Crippen LogP contribution in [0.4, 0.5) is 0 Å². The SMILES string of the molecule is CC(Oc1cccc(CO)c1)C(=O)N(C)C(C)c1cccnc1. The minimum Gasteiger partial charge on any atom is -0.481 e. The Labute approximate surface area is 136 Å². The molecule has 1 amide bonds. The summed E-state index contributed by atoms with van der Waals surface area (Å²) >= 11 is 0. The van der Waals surface area contributed by atoms with Crippen LogP contribution in [-0.2, 0) is 11.4 Å². The topological polar surface area (TPSA) is 62.7 Å². The van der Waals surface area contributed by atoms with Crippen molar-refractivity contribution in [1.82, 2.24) is 9.88 Å². The molecular weight excluding hydrogens is 292 g/mol. The van der Waals surface area contributed by atoms with Crippen LogP contribution in [0.1, 0.15) is 31.0 Å².